The second-order valence-electron chi connectivity index (χ2n) is 6.82. The Morgan fingerprint density at radius 1 is 1.00 bits per heavy atom. The number of imide groups is 2. The van der Waals surface area contributed by atoms with Gasteiger partial charge in [-0.3, -0.25) is 24.2 Å². The van der Waals surface area contributed by atoms with Crippen molar-refractivity contribution >= 4 is 23.6 Å². The summed E-state index contributed by atoms with van der Waals surface area (Å²) in [6.07, 6.45) is 1.83. The topological polar surface area (TPSA) is 84.0 Å². The van der Waals surface area contributed by atoms with Crippen molar-refractivity contribution in [1.29, 1.82) is 0 Å². The maximum atomic E-state index is 12.8. The summed E-state index contributed by atoms with van der Waals surface area (Å²) in [5, 5.41) is 0. The van der Waals surface area contributed by atoms with Crippen LogP contribution in [-0.4, -0.2) is 54.6 Å². The van der Waals surface area contributed by atoms with Crippen LogP contribution in [0.3, 0.4) is 0 Å². The number of carbonyl (C=O) groups excluding carboxylic acids is 4. The van der Waals surface area contributed by atoms with Gasteiger partial charge in [0.15, 0.2) is 0 Å². The number of hydrogen-bond donors (Lipinski definition) is 0. The van der Waals surface area contributed by atoms with Crippen LogP contribution in [0.15, 0.2) is 24.3 Å². The lowest BCUT2D eigenvalue weighted by atomic mass is 9.73. The number of ketones is 1. The van der Waals surface area contributed by atoms with Gasteiger partial charge in [0.2, 0.25) is 11.8 Å². The summed E-state index contributed by atoms with van der Waals surface area (Å²) in [6, 6.07) is 6.41. The molecule has 2 fully saturated rings. The second-order valence-corrected chi connectivity index (χ2v) is 6.82. The predicted octanol–water partition coefficient (Wildman–Crippen LogP) is 1.81. The number of barbiturate groups is 1. The number of methoxy groups -OCH3 is 1. The molecule has 1 aliphatic carbocycles. The monoisotopic (exact) mass is 358 g/mol. The molecule has 3 rings (SSSR count). The van der Waals surface area contributed by atoms with Crippen LogP contribution in [0.25, 0.3) is 0 Å². The minimum absolute atomic E-state index is 0.0635. The number of carbonyl (C=O) groups is 4. The smallest absolute Gasteiger partial charge is 0.332 e. The Morgan fingerprint density at radius 3 is 2.04 bits per heavy atom. The Hall–Kier alpha value is -2.70. The number of ether oxygens (including phenoxy) is 1. The van der Waals surface area contributed by atoms with E-state index >= 15 is 0 Å². The fourth-order valence-corrected chi connectivity index (χ4v) is 3.95. The SMILES string of the molecule is COc1ccc(C(C2CCCC2=O)C2C(=O)N(C)C(=O)N(C)C2=O)cc1. The van der Waals surface area contributed by atoms with Crippen LogP contribution < -0.4 is 4.74 Å². The van der Waals surface area contributed by atoms with Gasteiger partial charge in [0.1, 0.15) is 17.5 Å². The first-order chi connectivity index (χ1) is 12.4. The standard InChI is InChI=1S/C19H22N2O5/c1-20-17(23)16(18(24)21(2)19(20)25)15(13-5-4-6-14(13)22)11-7-9-12(26-3)10-8-11/h7-10,13,15-16H,4-6H2,1-3H3. The molecule has 1 heterocycles. The molecular formula is C19H22N2O5. The molecule has 7 nitrogen and oxygen atoms in total. The Labute approximate surface area is 151 Å². The van der Waals surface area contributed by atoms with E-state index in [1.807, 2.05) is 0 Å². The summed E-state index contributed by atoms with van der Waals surface area (Å²) in [6.45, 7) is 0. The highest BCUT2D eigenvalue weighted by molar-refractivity contribution is 6.16. The van der Waals surface area contributed by atoms with Crippen molar-refractivity contribution in [3.63, 3.8) is 0 Å². The maximum absolute atomic E-state index is 12.8. The summed E-state index contributed by atoms with van der Waals surface area (Å²) in [5.41, 5.74) is 0.730. The van der Waals surface area contributed by atoms with E-state index in [4.69, 9.17) is 4.74 Å². The molecule has 7 heteroatoms. The quantitative estimate of drug-likeness (QED) is 0.767. The zero-order valence-corrected chi connectivity index (χ0v) is 15.1. The number of hydrogen-bond acceptors (Lipinski definition) is 5. The Bertz CT molecular complexity index is 734. The van der Waals surface area contributed by atoms with Crippen molar-refractivity contribution in [2.45, 2.75) is 25.2 Å². The van der Waals surface area contributed by atoms with Crippen molar-refractivity contribution in [2.24, 2.45) is 11.8 Å². The molecular weight excluding hydrogens is 336 g/mol. The molecule has 138 valence electrons. The molecule has 1 aliphatic heterocycles. The van der Waals surface area contributed by atoms with Crippen molar-refractivity contribution in [3.05, 3.63) is 29.8 Å². The lowest BCUT2D eigenvalue weighted by molar-refractivity contribution is -0.149. The van der Waals surface area contributed by atoms with Crippen LogP contribution in [-0.2, 0) is 14.4 Å². The first-order valence-electron chi connectivity index (χ1n) is 8.62. The van der Waals surface area contributed by atoms with Gasteiger partial charge >= 0.3 is 6.03 Å². The normalized spacial score (nSPS) is 23.0. The largest absolute Gasteiger partial charge is 0.497 e. The summed E-state index contributed by atoms with van der Waals surface area (Å²) < 4.78 is 5.17. The molecule has 2 atom stereocenters. The Morgan fingerprint density at radius 2 is 1.58 bits per heavy atom. The molecule has 1 aromatic carbocycles. The van der Waals surface area contributed by atoms with Crippen LogP contribution in [0.1, 0.15) is 30.7 Å². The third-order valence-corrected chi connectivity index (χ3v) is 5.41. The molecule has 4 amide bonds. The highest BCUT2D eigenvalue weighted by Gasteiger charge is 2.50. The highest BCUT2D eigenvalue weighted by Crippen LogP contribution is 2.42. The maximum Gasteiger partial charge on any atom is 0.332 e. The number of nitrogens with zero attached hydrogens (tertiary/aromatic N) is 2. The first kappa shape index (κ1) is 18.1. The number of amides is 4. The Kier molecular flexibility index (Phi) is 4.80. The lowest BCUT2D eigenvalue weighted by Crippen LogP contribution is -2.59. The predicted molar refractivity (Wildman–Crippen MR) is 92.5 cm³/mol. The van der Waals surface area contributed by atoms with Crippen LogP contribution in [0.5, 0.6) is 5.75 Å². The lowest BCUT2D eigenvalue weighted by Gasteiger charge is -2.38. The van der Waals surface area contributed by atoms with Gasteiger partial charge in [-0.1, -0.05) is 12.1 Å². The zero-order valence-electron chi connectivity index (χ0n) is 15.1. The van der Waals surface area contributed by atoms with E-state index in [-0.39, 0.29) is 5.78 Å². The van der Waals surface area contributed by atoms with E-state index in [1.54, 1.807) is 31.4 Å². The average molecular weight is 358 g/mol. The number of rotatable bonds is 4. The number of benzene rings is 1. The molecule has 0 radical (unpaired) electrons. The van der Waals surface area contributed by atoms with Crippen molar-refractivity contribution in [3.8, 4) is 5.75 Å². The van der Waals surface area contributed by atoms with Gasteiger partial charge in [-0.15, -0.1) is 0 Å². The summed E-state index contributed by atoms with van der Waals surface area (Å²) in [5.74, 6) is -2.48. The highest BCUT2D eigenvalue weighted by atomic mass is 16.5. The summed E-state index contributed by atoms with van der Waals surface area (Å²) >= 11 is 0. The van der Waals surface area contributed by atoms with Crippen LogP contribution >= 0.6 is 0 Å². The second kappa shape index (κ2) is 6.90. The number of urea groups is 1. The third-order valence-electron chi connectivity index (χ3n) is 5.41. The van der Waals surface area contributed by atoms with E-state index in [9.17, 15) is 19.2 Å². The van der Waals surface area contributed by atoms with Gasteiger partial charge in [0.25, 0.3) is 0 Å². The van der Waals surface area contributed by atoms with Crippen LogP contribution in [0, 0.1) is 11.8 Å². The van der Waals surface area contributed by atoms with Gasteiger partial charge in [0, 0.05) is 32.4 Å². The minimum Gasteiger partial charge on any atom is -0.497 e. The minimum atomic E-state index is -1.08. The van der Waals surface area contributed by atoms with Gasteiger partial charge < -0.3 is 4.74 Å². The zero-order chi connectivity index (χ0) is 19.0. The van der Waals surface area contributed by atoms with Crippen LogP contribution in [0.4, 0.5) is 4.79 Å². The molecule has 0 aromatic heterocycles. The average Bonchev–Trinajstić information content (AvgIpc) is 3.07. The van der Waals surface area contributed by atoms with E-state index in [0.717, 1.165) is 21.8 Å². The van der Waals surface area contributed by atoms with Gasteiger partial charge in [-0.25, -0.2) is 4.79 Å². The molecule has 2 aliphatic rings. The van der Waals surface area contributed by atoms with Crippen molar-refractivity contribution in [1.82, 2.24) is 9.80 Å². The van der Waals surface area contributed by atoms with Gasteiger partial charge in [-0.2, -0.15) is 0 Å². The van der Waals surface area contributed by atoms with Crippen molar-refractivity contribution < 1.29 is 23.9 Å². The summed E-state index contributed by atoms with van der Waals surface area (Å²) in [4.78, 5) is 52.1. The number of Topliss-reactive ketones (excluding diaryl/α,β-unsaturated/α-hetero) is 1. The van der Waals surface area contributed by atoms with Gasteiger partial charge in [-0.05, 0) is 30.5 Å². The first-order valence-corrected chi connectivity index (χ1v) is 8.62. The molecule has 26 heavy (non-hydrogen) atoms. The molecule has 1 saturated heterocycles. The molecule has 0 spiro atoms. The molecule has 1 aromatic rings. The van der Waals surface area contributed by atoms with Gasteiger partial charge in [0.05, 0.1) is 7.11 Å². The van der Waals surface area contributed by atoms with E-state index < -0.39 is 35.6 Å². The molecule has 0 N–H and O–H groups in total. The van der Waals surface area contributed by atoms with E-state index in [2.05, 4.69) is 0 Å². The molecule has 0 bridgehead atoms. The fourth-order valence-electron chi connectivity index (χ4n) is 3.95. The fraction of sp³-hybridized carbons (Fsp3) is 0.474. The molecule has 2 unspecified atom stereocenters. The van der Waals surface area contributed by atoms with Crippen LogP contribution in [0.2, 0.25) is 0 Å². The third kappa shape index (κ3) is 2.87. The molecule has 1 saturated carbocycles. The van der Waals surface area contributed by atoms with E-state index in [0.29, 0.717) is 18.6 Å². The summed E-state index contributed by atoms with van der Waals surface area (Å²) in [7, 11) is 4.28. The van der Waals surface area contributed by atoms with E-state index in [1.165, 1.54) is 14.1 Å². The Balaban J connectivity index is 2.07. The van der Waals surface area contributed by atoms with Crippen molar-refractivity contribution in [2.75, 3.05) is 21.2 Å².